The van der Waals surface area contributed by atoms with E-state index in [0.717, 1.165) is 18.4 Å². The van der Waals surface area contributed by atoms with Gasteiger partial charge < -0.3 is 9.84 Å². The first-order valence-corrected chi connectivity index (χ1v) is 7.69. The van der Waals surface area contributed by atoms with Crippen molar-refractivity contribution in [1.29, 1.82) is 0 Å². The van der Waals surface area contributed by atoms with E-state index in [-0.39, 0.29) is 11.9 Å². The lowest BCUT2D eigenvalue weighted by molar-refractivity contribution is -0.0750. The molecular weight excluding hydrogens is 255 g/mol. The molecule has 1 aliphatic rings. The Bertz CT molecular complexity index is 427. The third kappa shape index (κ3) is 3.58. The van der Waals surface area contributed by atoms with Gasteiger partial charge in [0.1, 0.15) is 11.9 Å². The van der Waals surface area contributed by atoms with Crippen LogP contribution in [0, 0.1) is 18.7 Å². The molecule has 0 heterocycles. The summed E-state index contributed by atoms with van der Waals surface area (Å²) in [5, 5.41) is 10.6. The number of hydrogen-bond donors (Lipinski definition) is 1. The maximum absolute atomic E-state index is 14.0. The van der Waals surface area contributed by atoms with Gasteiger partial charge in [-0.2, -0.15) is 0 Å². The molecular formula is C17H25FO2. The number of aliphatic hydroxyl groups excluding tert-OH is 1. The lowest BCUT2D eigenvalue weighted by Gasteiger charge is -2.33. The summed E-state index contributed by atoms with van der Waals surface area (Å²) in [7, 11) is 0. The Balaban J connectivity index is 2.20. The van der Waals surface area contributed by atoms with E-state index in [9.17, 15) is 9.50 Å². The molecule has 1 aromatic carbocycles. The van der Waals surface area contributed by atoms with E-state index in [1.165, 1.54) is 25.3 Å². The van der Waals surface area contributed by atoms with Crippen LogP contribution in [0.1, 0.15) is 56.3 Å². The van der Waals surface area contributed by atoms with Crippen molar-refractivity contribution in [3.05, 3.63) is 35.1 Å². The molecule has 0 saturated heterocycles. The SMILES string of the molecule is CCOC(C1CCCCC1)C(O)c1cc(C)ccc1F. The second-order valence-electron chi connectivity index (χ2n) is 5.79. The van der Waals surface area contributed by atoms with E-state index in [1.807, 2.05) is 13.8 Å². The van der Waals surface area contributed by atoms with E-state index in [4.69, 9.17) is 4.74 Å². The summed E-state index contributed by atoms with van der Waals surface area (Å²) < 4.78 is 19.7. The molecule has 0 aliphatic heterocycles. The highest BCUT2D eigenvalue weighted by Gasteiger charge is 2.32. The average molecular weight is 280 g/mol. The summed E-state index contributed by atoms with van der Waals surface area (Å²) >= 11 is 0. The van der Waals surface area contributed by atoms with Gasteiger partial charge in [0.25, 0.3) is 0 Å². The highest BCUT2D eigenvalue weighted by atomic mass is 19.1. The highest BCUT2D eigenvalue weighted by Crippen LogP contribution is 2.35. The van der Waals surface area contributed by atoms with Gasteiger partial charge in [0.05, 0.1) is 6.10 Å². The van der Waals surface area contributed by atoms with Crippen molar-refractivity contribution in [2.75, 3.05) is 6.61 Å². The van der Waals surface area contributed by atoms with Crippen molar-refractivity contribution in [2.24, 2.45) is 5.92 Å². The third-order valence-electron chi connectivity index (χ3n) is 4.25. The Morgan fingerprint density at radius 3 is 2.65 bits per heavy atom. The maximum Gasteiger partial charge on any atom is 0.129 e. The van der Waals surface area contributed by atoms with Gasteiger partial charge in [-0.1, -0.05) is 37.0 Å². The highest BCUT2D eigenvalue weighted by molar-refractivity contribution is 5.26. The molecule has 0 bridgehead atoms. The summed E-state index contributed by atoms with van der Waals surface area (Å²) in [6.45, 7) is 4.38. The Labute approximate surface area is 121 Å². The maximum atomic E-state index is 14.0. The minimum atomic E-state index is -0.877. The van der Waals surface area contributed by atoms with Gasteiger partial charge in [-0.25, -0.2) is 4.39 Å². The molecule has 1 fully saturated rings. The van der Waals surface area contributed by atoms with Crippen LogP contribution in [-0.2, 0) is 4.74 Å². The van der Waals surface area contributed by atoms with Gasteiger partial charge in [0, 0.05) is 12.2 Å². The lowest BCUT2D eigenvalue weighted by atomic mass is 9.81. The van der Waals surface area contributed by atoms with E-state index >= 15 is 0 Å². The fraction of sp³-hybridized carbons (Fsp3) is 0.647. The van der Waals surface area contributed by atoms with Crippen LogP contribution >= 0.6 is 0 Å². The summed E-state index contributed by atoms with van der Waals surface area (Å²) in [4.78, 5) is 0. The molecule has 1 saturated carbocycles. The van der Waals surface area contributed by atoms with Gasteiger partial charge in [0.2, 0.25) is 0 Å². The topological polar surface area (TPSA) is 29.5 Å². The Hall–Kier alpha value is -0.930. The molecule has 0 amide bonds. The summed E-state index contributed by atoms with van der Waals surface area (Å²) in [6.07, 6.45) is 4.57. The van der Waals surface area contributed by atoms with Crippen molar-refractivity contribution in [2.45, 2.75) is 58.2 Å². The first kappa shape index (κ1) is 15.5. The van der Waals surface area contributed by atoms with Crippen LogP contribution in [0.3, 0.4) is 0 Å². The third-order valence-corrected chi connectivity index (χ3v) is 4.25. The lowest BCUT2D eigenvalue weighted by Crippen LogP contribution is -2.32. The molecule has 2 atom stereocenters. The number of ether oxygens (including phenoxy) is 1. The molecule has 3 heteroatoms. The molecule has 0 radical (unpaired) electrons. The van der Waals surface area contributed by atoms with E-state index in [2.05, 4.69) is 0 Å². The Morgan fingerprint density at radius 1 is 1.30 bits per heavy atom. The second kappa shape index (κ2) is 7.19. The first-order valence-electron chi connectivity index (χ1n) is 7.69. The molecule has 1 aliphatic carbocycles. The monoisotopic (exact) mass is 280 g/mol. The summed E-state index contributed by atoms with van der Waals surface area (Å²) in [5.41, 5.74) is 1.33. The van der Waals surface area contributed by atoms with Crippen LogP contribution in [0.4, 0.5) is 4.39 Å². The van der Waals surface area contributed by atoms with Crippen molar-refractivity contribution in [3.8, 4) is 0 Å². The van der Waals surface area contributed by atoms with E-state index in [1.54, 1.807) is 12.1 Å². The largest absolute Gasteiger partial charge is 0.386 e. The number of aliphatic hydroxyl groups is 1. The molecule has 20 heavy (non-hydrogen) atoms. The molecule has 2 nitrogen and oxygen atoms in total. The van der Waals surface area contributed by atoms with E-state index in [0.29, 0.717) is 18.1 Å². The number of rotatable bonds is 5. The normalized spacial score (nSPS) is 19.8. The predicted molar refractivity (Wildman–Crippen MR) is 78.1 cm³/mol. The number of aryl methyl sites for hydroxylation is 1. The fourth-order valence-electron chi connectivity index (χ4n) is 3.21. The second-order valence-corrected chi connectivity index (χ2v) is 5.79. The summed E-state index contributed by atoms with van der Waals surface area (Å²) in [6, 6.07) is 4.88. The quantitative estimate of drug-likeness (QED) is 0.878. The van der Waals surface area contributed by atoms with Crippen LogP contribution in [0.25, 0.3) is 0 Å². The minimum Gasteiger partial charge on any atom is -0.386 e. The van der Waals surface area contributed by atoms with Crippen molar-refractivity contribution in [3.63, 3.8) is 0 Å². The van der Waals surface area contributed by atoms with Gasteiger partial charge in [-0.05, 0) is 38.7 Å². The molecule has 112 valence electrons. The number of halogens is 1. The zero-order valence-corrected chi connectivity index (χ0v) is 12.4. The van der Waals surface area contributed by atoms with Gasteiger partial charge >= 0.3 is 0 Å². The van der Waals surface area contributed by atoms with Crippen molar-refractivity contribution in [1.82, 2.24) is 0 Å². The first-order chi connectivity index (χ1) is 9.63. The van der Waals surface area contributed by atoms with Crippen molar-refractivity contribution >= 4 is 0 Å². The zero-order valence-electron chi connectivity index (χ0n) is 12.4. The minimum absolute atomic E-state index is 0.295. The molecule has 1 N–H and O–H groups in total. The molecule has 2 rings (SSSR count). The van der Waals surface area contributed by atoms with Crippen LogP contribution in [0.2, 0.25) is 0 Å². The molecule has 2 unspecified atom stereocenters. The van der Waals surface area contributed by atoms with E-state index < -0.39 is 6.10 Å². The van der Waals surface area contributed by atoms with Crippen LogP contribution in [-0.4, -0.2) is 17.8 Å². The van der Waals surface area contributed by atoms with Crippen molar-refractivity contribution < 1.29 is 14.2 Å². The van der Waals surface area contributed by atoms with Crippen LogP contribution in [0.15, 0.2) is 18.2 Å². The molecule has 0 spiro atoms. The summed E-state index contributed by atoms with van der Waals surface area (Å²) in [5.74, 6) is -0.0118. The number of hydrogen-bond acceptors (Lipinski definition) is 2. The standard InChI is InChI=1S/C17H25FO2/c1-3-20-17(13-7-5-4-6-8-13)16(19)14-11-12(2)9-10-15(14)18/h9-11,13,16-17,19H,3-8H2,1-2H3. The Morgan fingerprint density at radius 2 is 2.00 bits per heavy atom. The predicted octanol–water partition coefficient (Wildman–Crippen LogP) is 4.15. The average Bonchev–Trinajstić information content (AvgIpc) is 2.47. The fourth-order valence-corrected chi connectivity index (χ4v) is 3.21. The van der Waals surface area contributed by atoms with Crippen LogP contribution in [0.5, 0.6) is 0 Å². The van der Waals surface area contributed by atoms with Crippen LogP contribution < -0.4 is 0 Å². The van der Waals surface area contributed by atoms with Gasteiger partial charge in [-0.3, -0.25) is 0 Å². The van der Waals surface area contributed by atoms with Gasteiger partial charge in [-0.15, -0.1) is 0 Å². The molecule has 1 aromatic rings. The zero-order chi connectivity index (χ0) is 14.5. The number of benzene rings is 1. The van der Waals surface area contributed by atoms with Gasteiger partial charge in [0.15, 0.2) is 0 Å². The molecule has 0 aromatic heterocycles. The Kier molecular flexibility index (Phi) is 5.55. The smallest absolute Gasteiger partial charge is 0.129 e.